The fourth-order valence-corrected chi connectivity index (χ4v) is 3.97. The molecule has 0 aliphatic carbocycles. The number of aliphatic imine (C=N–C) groups is 1. The molecule has 0 bridgehead atoms. The van der Waals surface area contributed by atoms with Crippen LogP contribution in [0.25, 0.3) is 21.7 Å². The number of para-hydroxylation sites is 1. The van der Waals surface area contributed by atoms with Crippen molar-refractivity contribution in [1.29, 1.82) is 0 Å². The van der Waals surface area contributed by atoms with Gasteiger partial charge in [-0.3, -0.25) is 9.79 Å². The summed E-state index contributed by atoms with van der Waals surface area (Å²) >= 11 is 0. The van der Waals surface area contributed by atoms with E-state index in [1.807, 2.05) is 52.2 Å². The molecule has 0 atom stereocenters. The van der Waals surface area contributed by atoms with Gasteiger partial charge in [0.1, 0.15) is 6.54 Å². The van der Waals surface area contributed by atoms with Crippen molar-refractivity contribution < 1.29 is 9.53 Å². The first kappa shape index (κ1) is 18.6. The van der Waals surface area contributed by atoms with E-state index in [2.05, 4.69) is 36.4 Å². The van der Waals surface area contributed by atoms with Crippen molar-refractivity contribution in [2.75, 3.05) is 26.3 Å². The molecule has 3 aromatic carbocycles. The summed E-state index contributed by atoms with van der Waals surface area (Å²) in [7, 11) is 0. The minimum atomic E-state index is 0.122. The third-order valence-corrected chi connectivity index (χ3v) is 5.57. The van der Waals surface area contributed by atoms with Crippen molar-refractivity contribution in [2.24, 2.45) is 4.99 Å². The van der Waals surface area contributed by atoms with Crippen molar-refractivity contribution in [3.8, 4) is 0 Å². The number of carbonyl (C=O) groups excluding carboxylic acids is 1. The van der Waals surface area contributed by atoms with Crippen LogP contribution in [-0.2, 0) is 16.1 Å². The van der Waals surface area contributed by atoms with E-state index in [0.717, 1.165) is 22.2 Å². The van der Waals surface area contributed by atoms with Crippen LogP contribution in [0.5, 0.6) is 0 Å². The van der Waals surface area contributed by atoms with Gasteiger partial charge < -0.3 is 14.2 Å². The Kier molecular flexibility index (Phi) is 5.03. The third kappa shape index (κ3) is 3.72. The van der Waals surface area contributed by atoms with Gasteiger partial charge in [-0.1, -0.05) is 48.5 Å². The van der Waals surface area contributed by atoms with Crippen molar-refractivity contribution >= 4 is 39.5 Å². The Morgan fingerprint density at radius 2 is 1.73 bits per heavy atom. The molecule has 2 heterocycles. The number of aromatic nitrogens is 1. The first-order chi connectivity index (χ1) is 14.8. The predicted molar refractivity (Wildman–Crippen MR) is 121 cm³/mol. The normalized spacial score (nSPS) is 14.7. The monoisotopic (exact) mass is 397 g/mol. The van der Waals surface area contributed by atoms with Gasteiger partial charge in [0.25, 0.3) is 0 Å². The number of morpholine rings is 1. The van der Waals surface area contributed by atoms with E-state index < -0.39 is 0 Å². The van der Waals surface area contributed by atoms with Crippen LogP contribution in [0.1, 0.15) is 5.56 Å². The second kappa shape index (κ2) is 8.13. The van der Waals surface area contributed by atoms with E-state index in [0.29, 0.717) is 32.8 Å². The van der Waals surface area contributed by atoms with Crippen LogP contribution in [0.15, 0.2) is 77.9 Å². The highest BCUT2D eigenvalue weighted by atomic mass is 16.5. The molecule has 1 amide bonds. The SMILES string of the molecule is O=C(Cn1cc(C=Nc2ccc3ccccc3c2)c2ccccc21)N1CCOCC1. The number of ether oxygens (including phenoxy) is 1. The molecule has 1 aliphatic heterocycles. The second-order valence-corrected chi connectivity index (χ2v) is 7.51. The molecule has 0 N–H and O–H groups in total. The Hall–Kier alpha value is -3.44. The topological polar surface area (TPSA) is 46.8 Å². The number of nitrogens with zero attached hydrogens (tertiary/aromatic N) is 3. The predicted octanol–water partition coefficient (Wildman–Crippen LogP) is 4.40. The van der Waals surface area contributed by atoms with Crippen LogP contribution in [-0.4, -0.2) is 47.9 Å². The van der Waals surface area contributed by atoms with Gasteiger partial charge >= 0.3 is 0 Å². The summed E-state index contributed by atoms with van der Waals surface area (Å²) in [5.41, 5.74) is 2.96. The van der Waals surface area contributed by atoms with Crippen LogP contribution in [0.4, 0.5) is 5.69 Å². The fourth-order valence-electron chi connectivity index (χ4n) is 3.97. The number of hydrogen-bond donors (Lipinski definition) is 0. The minimum Gasteiger partial charge on any atom is -0.378 e. The number of rotatable bonds is 4. The van der Waals surface area contributed by atoms with Gasteiger partial charge in [0.05, 0.1) is 18.9 Å². The summed E-state index contributed by atoms with van der Waals surface area (Å²) in [6.45, 7) is 2.87. The molecular weight excluding hydrogens is 374 g/mol. The Bertz CT molecular complexity index is 1240. The summed E-state index contributed by atoms with van der Waals surface area (Å²) in [5.74, 6) is 0.122. The lowest BCUT2D eigenvalue weighted by atomic mass is 10.1. The Morgan fingerprint density at radius 1 is 0.967 bits per heavy atom. The number of hydrogen-bond acceptors (Lipinski definition) is 3. The first-order valence-electron chi connectivity index (χ1n) is 10.2. The maximum atomic E-state index is 12.7. The zero-order valence-corrected chi connectivity index (χ0v) is 16.7. The van der Waals surface area contributed by atoms with E-state index in [1.54, 1.807) is 0 Å². The second-order valence-electron chi connectivity index (χ2n) is 7.51. The molecule has 5 rings (SSSR count). The van der Waals surface area contributed by atoms with Gasteiger partial charge in [-0.15, -0.1) is 0 Å². The molecule has 5 heteroatoms. The van der Waals surface area contributed by atoms with Crippen LogP contribution in [0, 0.1) is 0 Å². The van der Waals surface area contributed by atoms with Gasteiger partial charge in [0.15, 0.2) is 0 Å². The summed E-state index contributed by atoms with van der Waals surface area (Å²) in [4.78, 5) is 19.3. The van der Waals surface area contributed by atoms with E-state index in [-0.39, 0.29) is 5.91 Å². The third-order valence-electron chi connectivity index (χ3n) is 5.57. The van der Waals surface area contributed by atoms with Gasteiger partial charge in [-0.2, -0.15) is 0 Å². The molecule has 4 aromatic rings. The lowest BCUT2D eigenvalue weighted by Crippen LogP contribution is -2.42. The number of amides is 1. The largest absolute Gasteiger partial charge is 0.378 e. The highest BCUT2D eigenvalue weighted by molar-refractivity contribution is 6.01. The summed E-state index contributed by atoms with van der Waals surface area (Å²) in [6, 6.07) is 22.6. The van der Waals surface area contributed by atoms with Crippen LogP contribution < -0.4 is 0 Å². The average molecular weight is 397 g/mol. The van der Waals surface area contributed by atoms with Crippen LogP contribution >= 0.6 is 0 Å². The molecule has 1 saturated heterocycles. The lowest BCUT2D eigenvalue weighted by Gasteiger charge is -2.27. The summed E-state index contributed by atoms with van der Waals surface area (Å²) < 4.78 is 7.38. The highest BCUT2D eigenvalue weighted by Gasteiger charge is 2.18. The molecule has 150 valence electrons. The summed E-state index contributed by atoms with van der Waals surface area (Å²) in [6.07, 6.45) is 3.91. The fraction of sp³-hybridized carbons (Fsp3) is 0.200. The van der Waals surface area contributed by atoms with Gasteiger partial charge in [0, 0.05) is 42.0 Å². The Morgan fingerprint density at radius 3 is 2.60 bits per heavy atom. The molecule has 5 nitrogen and oxygen atoms in total. The molecule has 1 aliphatic rings. The maximum Gasteiger partial charge on any atom is 0.242 e. The van der Waals surface area contributed by atoms with E-state index >= 15 is 0 Å². The average Bonchev–Trinajstić information content (AvgIpc) is 3.15. The molecule has 1 aromatic heterocycles. The van der Waals surface area contributed by atoms with Crippen molar-refractivity contribution in [1.82, 2.24) is 9.47 Å². The maximum absolute atomic E-state index is 12.7. The minimum absolute atomic E-state index is 0.122. The Labute approximate surface area is 175 Å². The van der Waals surface area contributed by atoms with E-state index in [9.17, 15) is 4.79 Å². The molecule has 0 spiro atoms. The number of fused-ring (bicyclic) bond motifs is 2. The number of benzene rings is 3. The quantitative estimate of drug-likeness (QED) is 0.479. The number of carbonyl (C=O) groups is 1. The molecule has 0 radical (unpaired) electrons. The van der Waals surface area contributed by atoms with Crippen molar-refractivity contribution in [3.05, 3.63) is 78.5 Å². The van der Waals surface area contributed by atoms with Gasteiger partial charge in [-0.05, 0) is 29.0 Å². The summed E-state index contributed by atoms with van der Waals surface area (Å²) in [5, 5.41) is 3.47. The zero-order chi connectivity index (χ0) is 20.3. The van der Waals surface area contributed by atoms with Crippen LogP contribution in [0.2, 0.25) is 0 Å². The van der Waals surface area contributed by atoms with Crippen molar-refractivity contribution in [3.63, 3.8) is 0 Å². The molecule has 1 fully saturated rings. The lowest BCUT2D eigenvalue weighted by molar-refractivity contribution is -0.135. The van der Waals surface area contributed by atoms with E-state index in [4.69, 9.17) is 9.73 Å². The van der Waals surface area contributed by atoms with Crippen molar-refractivity contribution in [2.45, 2.75) is 6.54 Å². The zero-order valence-electron chi connectivity index (χ0n) is 16.7. The first-order valence-corrected chi connectivity index (χ1v) is 10.2. The molecule has 30 heavy (non-hydrogen) atoms. The van der Waals surface area contributed by atoms with Gasteiger partial charge in [0.2, 0.25) is 5.91 Å². The van der Waals surface area contributed by atoms with Crippen LogP contribution in [0.3, 0.4) is 0 Å². The molecule has 0 unspecified atom stereocenters. The molecule has 0 saturated carbocycles. The highest BCUT2D eigenvalue weighted by Crippen LogP contribution is 2.23. The van der Waals surface area contributed by atoms with Gasteiger partial charge in [-0.25, -0.2) is 0 Å². The standard InChI is InChI=1S/C25H23N3O2/c29-25(27-11-13-30-14-12-27)18-28-17-21(23-7-3-4-8-24(23)28)16-26-22-10-9-19-5-1-2-6-20(19)15-22/h1-10,15-17H,11-14,18H2. The van der Waals surface area contributed by atoms with E-state index in [1.165, 1.54) is 10.8 Å². The molecular formula is C25H23N3O2. The smallest absolute Gasteiger partial charge is 0.242 e. The Balaban J connectivity index is 1.44.